The maximum Gasteiger partial charge on any atom is 0.356 e. The quantitative estimate of drug-likeness (QED) is 0.262. The highest BCUT2D eigenvalue weighted by Gasteiger charge is 2.04. The summed E-state index contributed by atoms with van der Waals surface area (Å²) in [4.78, 5) is 15.5. The van der Waals surface area contributed by atoms with Crippen molar-refractivity contribution in [3.05, 3.63) is 35.4 Å². The van der Waals surface area contributed by atoms with Crippen LogP contribution in [0, 0.1) is 0 Å². The van der Waals surface area contributed by atoms with Crippen LogP contribution in [-0.4, -0.2) is 5.97 Å². The van der Waals surface area contributed by atoms with Crippen LogP contribution in [-0.2, 0) is 11.3 Å². The number of benzene rings is 1. The SMILES string of the molecule is CCCCCCCCCCCCCCCCc1ccc(C(=O)ON)cc1. The molecule has 1 aromatic carbocycles. The third kappa shape index (κ3) is 11.3. The van der Waals surface area contributed by atoms with Crippen molar-refractivity contribution in [2.24, 2.45) is 5.90 Å². The van der Waals surface area contributed by atoms with Crippen LogP contribution in [0.15, 0.2) is 24.3 Å². The molecule has 0 atom stereocenters. The van der Waals surface area contributed by atoms with Crippen molar-refractivity contribution in [2.45, 2.75) is 103 Å². The molecule has 1 rings (SSSR count). The molecule has 1 aromatic rings. The molecule has 0 radical (unpaired) electrons. The van der Waals surface area contributed by atoms with E-state index in [1.54, 1.807) is 12.1 Å². The van der Waals surface area contributed by atoms with Gasteiger partial charge >= 0.3 is 5.97 Å². The number of rotatable bonds is 16. The van der Waals surface area contributed by atoms with Crippen molar-refractivity contribution in [1.29, 1.82) is 0 Å². The van der Waals surface area contributed by atoms with Crippen LogP contribution in [0.2, 0.25) is 0 Å². The highest BCUT2D eigenvalue weighted by molar-refractivity contribution is 5.89. The monoisotopic (exact) mass is 361 g/mol. The van der Waals surface area contributed by atoms with E-state index in [9.17, 15) is 4.79 Å². The molecule has 0 amide bonds. The molecule has 0 spiro atoms. The van der Waals surface area contributed by atoms with Gasteiger partial charge in [-0.2, -0.15) is 5.90 Å². The average Bonchev–Trinajstić information content (AvgIpc) is 2.68. The summed E-state index contributed by atoms with van der Waals surface area (Å²) in [7, 11) is 0. The van der Waals surface area contributed by atoms with E-state index >= 15 is 0 Å². The molecule has 0 unspecified atom stereocenters. The number of carbonyl (C=O) groups is 1. The van der Waals surface area contributed by atoms with Crippen molar-refractivity contribution in [2.75, 3.05) is 0 Å². The van der Waals surface area contributed by atoms with Crippen LogP contribution in [0.4, 0.5) is 0 Å². The fraction of sp³-hybridized carbons (Fsp3) is 0.696. The van der Waals surface area contributed by atoms with Crippen LogP contribution in [0.1, 0.15) is 113 Å². The summed E-state index contributed by atoms with van der Waals surface area (Å²) in [6, 6.07) is 7.56. The number of hydrogen-bond donors (Lipinski definition) is 1. The van der Waals surface area contributed by atoms with Crippen LogP contribution >= 0.6 is 0 Å². The van der Waals surface area contributed by atoms with Gasteiger partial charge in [0.25, 0.3) is 0 Å². The lowest BCUT2D eigenvalue weighted by Gasteiger charge is -2.04. The molecular weight excluding hydrogens is 322 g/mol. The molecule has 0 fully saturated rings. The first-order valence-corrected chi connectivity index (χ1v) is 10.8. The molecule has 2 N–H and O–H groups in total. The Morgan fingerprint density at radius 1 is 0.731 bits per heavy atom. The zero-order valence-corrected chi connectivity index (χ0v) is 16.8. The molecule has 0 aliphatic rings. The molecule has 0 heterocycles. The number of unbranched alkanes of at least 4 members (excludes halogenated alkanes) is 13. The van der Waals surface area contributed by atoms with Crippen molar-refractivity contribution < 1.29 is 9.63 Å². The minimum Gasteiger partial charge on any atom is -0.370 e. The van der Waals surface area contributed by atoms with Crippen LogP contribution in [0.25, 0.3) is 0 Å². The lowest BCUT2D eigenvalue weighted by molar-refractivity contribution is 0.0503. The van der Waals surface area contributed by atoms with Crippen molar-refractivity contribution in [1.82, 2.24) is 0 Å². The first kappa shape index (κ1) is 22.7. The van der Waals surface area contributed by atoms with Crippen LogP contribution < -0.4 is 5.90 Å². The Hall–Kier alpha value is -1.35. The standard InChI is InChI=1S/C23H39NO2/c1-2-3-4-5-6-7-8-9-10-11-12-13-14-15-16-21-17-19-22(20-18-21)23(25)26-24/h17-20H,2-16,24H2,1H3. The Bertz CT molecular complexity index is 456. The van der Waals surface area contributed by atoms with E-state index in [4.69, 9.17) is 5.90 Å². The Balaban J connectivity index is 1.88. The number of hydrogen-bond acceptors (Lipinski definition) is 3. The lowest BCUT2D eigenvalue weighted by Crippen LogP contribution is -2.09. The molecule has 148 valence electrons. The summed E-state index contributed by atoms with van der Waals surface area (Å²) >= 11 is 0. The van der Waals surface area contributed by atoms with Gasteiger partial charge < -0.3 is 4.84 Å². The first-order chi connectivity index (χ1) is 12.8. The van der Waals surface area contributed by atoms with Gasteiger partial charge in [0.1, 0.15) is 0 Å². The van der Waals surface area contributed by atoms with Gasteiger partial charge in [-0.3, -0.25) is 0 Å². The third-order valence-electron chi connectivity index (χ3n) is 5.12. The number of carbonyl (C=O) groups excluding carboxylic acids is 1. The van der Waals surface area contributed by atoms with Crippen molar-refractivity contribution in [3.8, 4) is 0 Å². The predicted octanol–water partition coefficient (Wildman–Crippen LogP) is 6.74. The second-order valence-electron chi connectivity index (χ2n) is 7.45. The lowest BCUT2D eigenvalue weighted by atomic mass is 10.0. The second-order valence-corrected chi connectivity index (χ2v) is 7.45. The third-order valence-corrected chi connectivity index (χ3v) is 5.12. The summed E-state index contributed by atoms with van der Waals surface area (Å²) < 4.78 is 0. The molecule has 3 nitrogen and oxygen atoms in total. The Labute approximate surface area is 160 Å². The second kappa shape index (κ2) is 15.9. The van der Waals surface area contributed by atoms with Gasteiger partial charge in [0.15, 0.2) is 0 Å². The van der Waals surface area contributed by atoms with E-state index in [-0.39, 0.29) is 0 Å². The molecule has 0 aliphatic carbocycles. The number of nitrogens with two attached hydrogens (primary N) is 1. The van der Waals surface area contributed by atoms with E-state index in [0.717, 1.165) is 6.42 Å². The van der Waals surface area contributed by atoms with Gasteiger partial charge in [0.2, 0.25) is 0 Å². The van der Waals surface area contributed by atoms with Crippen LogP contribution in [0.5, 0.6) is 0 Å². The van der Waals surface area contributed by atoms with Crippen molar-refractivity contribution in [3.63, 3.8) is 0 Å². The van der Waals surface area contributed by atoms with Gasteiger partial charge in [-0.15, -0.1) is 0 Å². The first-order valence-electron chi connectivity index (χ1n) is 10.8. The molecule has 0 aromatic heterocycles. The zero-order chi connectivity index (χ0) is 18.9. The van der Waals surface area contributed by atoms with E-state index < -0.39 is 5.97 Å². The normalized spacial score (nSPS) is 10.8. The van der Waals surface area contributed by atoms with Gasteiger partial charge in [-0.25, -0.2) is 4.79 Å². The van der Waals surface area contributed by atoms with Gasteiger partial charge in [-0.1, -0.05) is 103 Å². The van der Waals surface area contributed by atoms with Gasteiger partial charge in [0, 0.05) is 0 Å². The van der Waals surface area contributed by atoms with Crippen LogP contribution in [0.3, 0.4) is 0 Å². The largest absolute Gasteiger partial charge is 0.370 e. The van der Waals surface area contributed by atoms with E-state index in [2.05, 4.69) is 11.8 Å². The van der Waals surface area contributed by atoms with Gasteiger partial charge in [-0.05, 0) is 30.5 Å². The highest BCUT2D eigenvalue weighted by atomic mass is 16.7. The molecule has 0 saturated heterocycles. The van der Waals surface area contributed by atoms with Gasteiger partial charge in [0.05, 0.1) is 5.56 Å². The van der Waals surface area contributed by atoms with E-state index in [1.807, 2.05) is 12.1 Å². The summed E-state index contributed by atoms with van der Waals surface area (Å²) in [5, 5.41) is 0. The summed E-state index contributed by atoms with van der Waals surface area (Å²) in [5.74, 6) is 4.41. The fourth-order valence-electron chi connectivity index (χ4n) is 3.40. The molecule has 3 heteroatoms. The van der Waals surface area contributed by atoms with Crippen molar-refractivity contribution >= 4 is 5.97 Å². The Kier molecular flexibility index (Phi) is 13.8. The van der Waals surface area contributed by atoms with E-state index in [1.165, 1.54) is 95.5 Å². The maximum atomic E-state index is 11.3. The maximum absolute atomic E-state index is 11.3. The summed E-state index contributed by atoms with van der Waals surface area (Å²) in [6.07, 6.45) is 20.5. The molecule has 0 aliphatic heterocycles. The minimum atomic E-state index is -0.479. The Morgan fingerprint density at radius 3 is 1.58 bits per heavy atom. The molecule has 26 heavy (non-hydrogen) atoms. The Morgan fingerprint density at radius 2 is 1.15 bits per heavy atom. The summed E-state index contributed by atoms with van der Waals surface area (Å²) in [5.41, 5.74) is 1.79. The smallest absolute Gasteiger partial charge is 0.356 e. The summed E-state index contributed by atoms with van der Waals surface area (Å²) in [6.45, 7) is 2.28. The minimum absolute atomic E-state index is 0.479. The zero-order valence-electron chi connectivity index (χ0n) is 16.8. The van der Waals surface area contributed by atoms with E-state index in [0.29, 0.717) is 5.56 Å². The molecule has 0 saturated carbocycles. The fourth-order valence-corrected chi connectivity index (χ4v) is 3.40. The molecule has 0 bridgehead atoms. The average molecular weight is 362 g/mol. The predicted molar refractivity (Wildman–Crippen MR) is 110 cm³/mol. The number of aryl methyl sites for hydroxylation is 1. The molecular formula is C23H39NO2. The highest BCUT2D eigenvalue weighted by Crippen LogP contribution is 2.14. The topological polar surface area (TPSA) is 52.3 Å².